The highest BCUT2D eigenvalue weighted by atomic mass is 35.5. The number of aryl methyl sites for hydroxylation is 1. The van der Waals surface area contributed by atoms with Gasteiger partial charge in [0, 0.05) is 11.1 Å². The minimum atomic E-state index is -0.943. The van der Waals surface area contributed by atoms with Crippen LogP contribution in [0.1, 0.15) is 10.4 Å². The third kappa shape index (κ3) is 3.82. The molecule has 1 N–H and O–H groups in total. The van der Waals surface area contributed by atoms with Crippen LogP contribution in [0.4, 0.5) is 5.82 Å². The Morgan fingerprint density at radius 3 is 2.80 bits per heavy atom. The summed E-state index contributed by atoms with van der Waals surface area (Å²) in [4.78, 5) is 21.7. The van der Waals surface area contributed by atoms with Gasteiger partial charge in [0.15, 0.2) is 4.47 Å². The molecule has 2 aromatic rings. The normalized spacial score (nSPS) is 10.6. The van der Waals surface area contributed by atoms with Crippen molar-refractivity contribution in [2.24, 2.45) is 0 Å². The van der Waals surface area contributed by atoms with Gasteiger partial charge < -0.3 is 10.0 Å². The van der Waals surface area contributed by atoms with Gasteiger partial charge in [-0.05, 0) is 18.6 Å². The average molecular weight is 332 g/mol. The van der Waals surface area contributed by atoms with Crippen LogP contribution in [0.15, 0.2) is 18.3 Å². The molecule has 0 atom stereocenters. The van der Waals surface area contributed by atoms with Crippen LogP contribution in [0.3, 0.4) is 0 Å². The second-order valence-corrected chi connectivity index (χ2v) is 6.19. The number of carboxylic acids is 1. The number of halogens is 2. The van der Waals surface area contributed by atoms with E-state index in [4.69, 9.17) is 28.3 Å². The quantitative estimate of drug-likeness (QED) is 0.852. The Balaban J connectivity index is 2.31. The molecule has 0 aliphatic carbocycles. The van der Waals surface area contributed by atoms with Crippen molar-refractivity contribution in [3.8, 4) is 0 Å². The lowest BCUT2D eigenvalue weighted by molar-refractivity contribution is -0.135. The largest absolute Gasteiger partial charge is 0.480 e. The van der Waals surface area contributed by atoms with Crippen molar-refractivity contribution in [2.75, 3.05) is 11.4 Å². The third-order valence-corrected chi connectivity index (χ3v) is 3.84. The van der Waals surface area contributed by atoms with Crippen LogP contribution in [-0.2, 0) is 11.3 Å². The summed E-state index contributed by atoms with van der Waals surface area (Å²) in [5.74, 6) is -0.397. The van der Waals surface area contributed by atoms with E-state index in [1.165, 1.54) is 11.3 Å². The predicted octanol–water partition coefficient (Wildman–Crippen LogP) is 3.24. The van der Waals surface area contributed by atoms with Crippen molar-refractivity contribution in [3.63, 3.8) is 0 Å². The van der Waals surface area contributed by atoms with E-state index in [9.17, 15) is 4.79 Å². The highest BCUT2D eigenvalue weighted by molar-refractivity contribution is 7.15. The summed E-state index contributed by atoms with van der Waals surface area (Å²) < 4.78 is 0.422. The highest BCUT2D eigenvalue weighted by Crippen LogP contribution is 2.25. The Morgan fingerprint density at radius 2 is 2.20 bits per heavy atom. The van der Waals surface area contributed by atoms with E-state index in [1.54, 1.807) is 23.2 Å². The number of rotatable bonds is 5. The number of carbonyl (C=O) groups is 1. The minimum absolute atomic E-state index is 0.177. The van der Waals surface area contributed by atoms with Crippen molar-refractivity contribution in [2.45, 2.75) is 13.5 Å². The molecule has 0 unspecified atom stereocenters. The summed E-state index contributed by atoms with van der Waals surface area (Å²) in [7, 11) is 0. The summed E-state index contributed by atoms with van der Waals surface area (Å²) in [6.45, 7) is 2.04. The number of aromatic nitrogens is 2. The number of carboxylic acid groups (broad SMARTS) is 1. The molecule has 0 aliphatic rings. The number of hydrogen-bond acceptors (Lipinski definition) is 5. The van der Waals surface area contributed by atoms with Crippen LogP contribution in [0.5, 0.6) is 0 Å². The monoisotopic (exact) mass is 331 g/mol. The number of pyridine rings is 1. The second kappa shape index (κ2) is 6.39. The van der Waals surface area contributed by atoms with Gasteiger partial charge in [0.05, 0.1) is 6.54 Å². The highest BCUT2D eigenvalue weighted by Gasteiger charge is 2.16. The van der Waals surface area contributed by atoms with Crippen LogP contribution < -0.4 is 4.90 Å². The molecule has 0 fully saturated rings. The molecule has 0 saturated heterocycles. The van der Waals surface area contributed by atoms with Crippen LogP contribution in [0.25, 0.3) is 0 Å². The Labute approximate surface area is 129 Å². The zero-order valence-electron chi connectivity index (χ0n) is 10.5. The van der Waals surface area contributed by atoms with E-state index in [1.807, 2.05) is 6.92 Å². The fourth-order valence-corrected chi connectivity index (χ4v) is 2.87. The molecule has 20 heavy (non-hydrogen) atoms. The molecular weight excluding hydrogens is 321 g/mol. The van der Waals surface area contributed by atoms with E-state index in [0.717, 1.165) is 10.4 Å². The topological polar surface area (TPSA) is 66.3 Å². The lowest BCUT2D eigenvalue weighted by atomic mass is 10.2. The summed E-state index contributed by atoms with van der Waals surface area (Å²) >= 11 is 13.0. The zero-order valence-corrected chi connectivity index (χ0v) is 12.8. The SMILES string of the molecule is Cc1ccc(Cl)nc1N(CC(=O)O)Cc1cnc(Cl)s1. The molecule has 2 aromatic heterocycles. The molecule has 0 aromatic carbocycles. The smallest absolute Gasteiger partial charge is 0.323 e. The molecular formula is C12H11Cl2N3O2S. The van der Waals surface area contributed by atoms with Crippen LogP contribution in [0.2, 0.25) is 9.62 Å². The third-order valence-electron chi connectivity index (χ3n) is 2.53. The maximum absolute atomic E-state index is 11.0. The molecule has 106 valence electrons. The van der Waals surface area contributed by atoms with Crippen molar-refractivity contribution < 1.29 is 9.90 Å². The fourth-order valence-electron chi connectivity index (χ4n) is 1.73. The maximum atomic E-state index is 11.0. The zero-order chi connectivity index (χ0) is 14.7. The van der Waals surface area contributed by atoms with Gasteiger partial charge in [0.1, 0.15) is 17.5 Å². The summed E-state index contributed by atoms with van der Waals surface area (Å²) in [6.07, 6.45) is 1.63. The van der Waals surface area contributed by atoms with Gasteiger partial charge in [0.25, 0.3) is 0 Å². The Bertz CT molecular complexity index is 633. The van der Waals surface area contributed by atoms with Crippen LogP contribution in [-0.4, -0.2) is 27.6 Å². The number of hydrogen-bond donors (Lipinski definition) is 1. The number of aliphatic carboxylic acids is 1. The predicted molar refractivity (Wildman–Crippen MR) is 79.8 cm³/mol. The van der Waals surface area contributed by atoms with Crippen molar-refractivity contribution in [1.29, 1.82) is 0 Å². The minimum Gasteiger partial charge on any atom is -0.480 e. The van der Waals surface area contributed by atoms with Gasteiger partial charge in [-0.1, -0.05) is 29.3 Å². The molecule has 0 saturated carbocycles. The first-order valence-electron chi connectivity index (χ1n) is 5.66. The number of thiazole rings is 1. The standard InChI is InChI=1S/C12H11Cl2N3O2S/c1-7-2-3-9(13)16-11(7)17(6-10(18)19)5-8-4-15-12(14)20-8/h2-4H,5-6H2,1H3,(H,18,19). The second-order valence-electron chi connectivity index (χ2n) is 4.10. The molecule has 0 aliphatic heterocycles. The molecule has 0 amide bonds. The molecule has 5 nitrogen and oxygen atoms in total. The Morgan fingerprint density at radius 1 is 1.45 bits per heavy atom. The summed E-state index contributed by atoms with van der Waals surface area (Å²) in [6, 6.07) is 3.47. The summed E-state index contributed by atoms with van der Waals surface area (Å²) in [5, 5.41) is 9.37. The first-order valence-corrected chi connectivity index (χ1v) is 7.23. The first kappa shape index (κ1) is 15.0. The van der Waals surface area contributed by atoms with E-state index < -0.39 is 5.97 Å². The fraction of sp³-hybridized carbons (Fsp3) is 0.250. The van der Waals surface area contributed by atoms with Crippen molar-refractivity contribution in [3.05, 3.63) is 38.4 Å². The van der Waals surface area contributed by atoms with E-state index in [2.05, 4.69) is 9.97 Å². The number of anilines is 1. The molecule has 2 rings (SSSR count). The van der Waals surface area contributed by atoms with E-state index in [-0.39, 0.29) is 6.54 Å². The van der Waals surface area contributed by atoms with Gasteiger partial charge in [-0.25, -0.2) is 9.97 Å². The molecule has 2 heterocycles. The van der Waals surface area contributed by atoms with Crippen LogP contribution >= 0.6 is 34.5 Å². The number of nitrogens with zero attached hydrogens (tertiary/aromatic N) is 3. The lowest BCUT2D eigenvalue weighted by Crippen LogP contribution is -2.30. The molecule has 0 radical (unpaired) electrons. The van der Waals surface area contributed by atoms with Crippen molar-refractivity contribution in [1.82, 2.24) is 9.97 Å². The van der Waals surface area contributed by atoms with Crippen LogP contribution in [0, 0.1) is 6.92 Å². The van der Waals surface area contributed by atoms with Crippen molar-refractivity contribution >= 4 is 46.3 Å². The van der Waals surface area contributed by atoms with Gasteiger partial charge in [-0.2, -0.15) is 0 Å². The molecule has 0 spiro atoms. The average Bonchev–Trinajstić information content (AvgIpc) is 2.76. The Hall–Kier alpha value is -1.37. The summed E-state index contributed by atoms with van der Waals surface area (Å²) in [5.41, 5.74) is 0.853. The molecule has 0 bridgehead atoms. The van der Waals surface area contributed by atoms with E-state index in [0.29, 0.717) is 22.0 Å². The van der Waals surface area contributed by atoms with E-state index >= 15 is 0 Å². The lowest BCUT2D eigenvalue weighted by Gasteiger charge is -2.22. The van der Waals surface area contributed by atoms with Gasteiger partial charge in [0.2, 0.25) is 0 Å². The van der Waals surface area contributed by atoms with Gasteiger partial charge >= 0.3 is 5.97 Å². The molecule has 8 heteroatoms. The van der Waals surface area contributed by atoms with Gasteiger partial charge in [-0.15, -0.1) is 11.3 Å². The first-order chi connectivity index (χ1) is 9.45. The van der Waals surface area contributed by atoms with Gasteiger partial charge in [-0.3, -0.25) is 4.79 Å². The maximum Gasteiger partial charge on any atom is 0.323 e. The Kier molecular flexibility index (Phi) is 4.80.